The molecule has 29 heavy (non-hydrogen) atoms. The zero-order valence-corrected chi connectivity index (χ0v) is 22.1. The minimum absolute atomic E-state index is 0.00269. The van der Waals surface area contributed by atoms with Crippen LogP contribution in [0.4, 0.5) is 5.69 Å². The van der Waals surface area contributed by atoms with E-state index in [-0.39, 0.29) is 16.0 Å². The van der Waals surface area contributed by atoms with Crippen LogP contribution < -0.4 is 8.99 Å². The van der Waals surface area contributed by atoms with Gasteiger partial charge in [0.1, 0.15) is 12.4 Å². The standard InChI is InChI=1S/C22H38N2O3Si2/c1-12-26-23-19-17-14-13-16(27-29(10,11)22(5,6)7)15-18(17)24(20(19)25)28(8,9)21(2,3)4/h13-15H,12H2,1-11H3/b23-19+. The summed E-state index contributed by atoms with van der Waals surface area (Å²) in [5.41, 5.74) is 2.12. The van der Waals surface area contributed by atoms with Crippen molar-refractivity contribution in [2.45, 2.75) is 84.7 Å². The second-order valence-corrected chi connectivity index (χ2v) is 20.6. The van der Waals surface area contributed by atoms with Gasteiger partial charge >= 0.3 is 0 Å². The van der Waals surface area contributed by atoms with Crippen molar-refractivity contribution in [2.75, 3.05) is 11.2 Å². The van der Waals surface area contributed by atoms with Crippen molar-refractivity contribution in [3.63, 3.8) is 0 Å². The Morgan fingerprint density at radius 3 is 2.07 bits per heavy atom. The molecule has 0 aliphatic carbocycles. The van der Waals surface area contributed by atoms with Gasteiger partial charge in [0.15, 0.2) is 13.9 Å². The van der Waals surface area contributed by atoms with Crippen LogP contribution in [0.25, 0.3) is 0 Å². The molecule has 1 amide bonds. The van der Waals surface area contributed by atoms with E-state index in [1.54, 1.807) is 0 Å². The van der Waals surface area contributed by atoms with Crippen molar-refractivity contribution in [1.82, 2.24) is 0 Å². The molecule has 1 aliphatic rings. The largest absolute Gasteiger partial charge is 0.543 e. The van der Waals surface area contributed by atoms with Crippen molar-refractivity contribution in [2.24, 2.45) is 5.16 Å². The smallest absolute Gasteiger partial charge is 0.273 e. The van der Waals surface area contributed by atoms with Crippen LogP contribution in [0.5, 0.6) is 5.75 Å². The molecule has 0 saturated carbocycles. The highest BCUT2D eigenvalue weighted by atomic mass is 28.4. The first-order valence-corrected chi connectivity index (χ1v) is 16.3. The molecule has 0 bridgehead atoms. The van der Waals surface area contributed by atoms with Gasteiger partial charge in [-0.25, -0.2) is 0 Å². The van der Waals surface area contributed by atoms with E-state index < -0.39 is 16.6 Å². The van der Waals surface area contributed by atoms with Crippen LogP contribution in [0.3, 0.4) is 0 Å². The highest BCUT2D eigenvalue weighted by molar-refractivity contribution is 6.90. The molecular weight excluding hydrogens is 396 g/mol. The zero-order chi connectivity index (χ0) is 22.4. The van der Waals surface area contributed by atoms with Gasteiger partial charge in [-0.3, -0.25) is 4.79 Å². The van der Waals surface area contributed by atoms with E-state index in [9.17, 15) is 4.79 Å². The second-order valence-electron chi connectivity index (χ2n) is 10.8. The van der Waals surface area contributed by atoms with Gasteiger partial charge in [-0.15, -0.1) is 0 Å². The van der Waals surface area contributed by atoms with Crippen molar-refractivity contribution in [1.29, 1.82) is 0 Å². The Labute approximate surface area is 178 Å². The van der Waals surface area contributed by atoms with Gasteiger partial charge in [-0.2, -0.15) is 0 Å². The molecule has 0 atom stereocenters. The van der Waals surface area contributed by atoms with E-state index in [2.05, 4.69) is 72.9 Å². The monoisotopic (exact) mass is 434 g/mol. The normalized spacial score (nSPS) is 17.0. The van der Waals surface area contributed by atoms with Crippen LogP contribution in [0.15, 0.2) is 23.4 Å². The van der Waals surface area contributed by atoms with Gasteiger partial charge in [-0.1, -0.05) is 59.8 Å². The Morgan fingerprint density at radius 2 is 1.59 bits per heavy atom. The first-order valence-electron chi connectivity index (χ1n) is 10.4. The first-order chi connectivity index (χ1) is 13.0. The highest BCUT2D eigenvalue weighted by Gasteiger charge is 2.50. The molecule has 0 radical (unpaired) electrons. The molecular formula is C22H38N2O3Si2. The fourth-order valence-electron chi connectivity index (χ4n) is 2.85. The zero-order valence-electron chi connectivity index (χ0n) is 20.1. The fourth-order valence-corrected chi connectivity index (χ4v) is 5.94. The number of benzene rings is 1. The predicted octanol–water partition coefficient (Wildman–Crippen LogP) is 6.16. The summed E-state index contributed by atoms with van der Waals surface area (Å²) in [6, 6.07) is 5.95. The number of carbonyl (C=O) groups excluding carboxylic acids is 1. The van der Waals surface area contributed by atoms with Gasteiger partial charge in [-0.05, 0) is 42.2 Å². The molecule has 7 heteroatoms. The van der Waals surface area contributed by atoms with E-state index in [4.69, 9.17) is 9.26 Å². The number of hydrogen-bond donors (Lipinski definition) is 0. The molecule has 0 fully saturated rings. The minimum Gasteiger partial charge on any atom is -0.543 e. The van der Waals surface area contributed by atoms with Gasteiger partial charge in [0.2, 0.25) is 8.32 Å². The molecule has 1 heterocycles. The lowest BCUT2D eigenvalue weighted by Crippen LogP contribution is -2.57. The number of oxime groups is 1. The van der Waals surface area contributed by atoms with Crippen LogP contribution in [0, 0.1) is 0 Å². The van der Waals surface area contributed by atoms with E-state index in [1.807, 2.05) is 29.7 Å². The molecule has 1 aromatic rings. The van der Waals surface area contributed by atoms with Crippen LogP contribution >= 0.6 is 0 Å². The van der Waals surface area contributed by atoms with Crippen molar-refractivity contribution in [3.05, 3.63) is 23.8 Å². The maximum absolute atomic E-state index is 13.4. The summed E-state index contributed by atoms with van der Waals surface area (Å²) in [5.74, 6) is 0.758. The SMILES string of the molecule is CCO/N=C1/C(=O)N([Si](C)(C)C(C)(C)C)c2cc(O[Si](C)(C)C(C)(C)C)ccc21. The summed E-state index contributed by atoms with van der Waals surface area (Å²) < 4.78 is 8.53. The molecule has 0 saturated heterocycles. The third-order valence-corrected chi connectivity index (χ3v) is 16.3. The number of carbonyl (C=O) groups is 1. The Morgan fingerprint density at radius 1 is 1.00 bits per heavy atom. The third kappa shape index (κ3) is 4.31. The van der Waals surface area contributed by atoms with E-state index >= 15 is 0 Å². The molecule has 0 unspecified atom stereocenters. The second kappa shape index (κ2) is 7.58. The topological polar surface area (TPSA) is 51.1 Å². The lowest BCUT2D eigenvalue weighted by molar-refractivity contribution is -0.111. The predicted molar refractivity (Wildman–Crippen MR) is 127 cm³/mol. The van der Waals surface area contributed by atoms with Gasteiger partial charge in [0, 0.05) is 17.3 Å². The Hall–Kier alpha value is -1.61. The Bertz CT molecular complexity index is 818. The lowest BCUT2D eigenvalue weighted by Gasteiger charge is -2.44. The van der Waals surface area contributed by atoms with Crippen molar-refractivity contribution >= 4 is 33.9 Å². The molecule has 0 aromatic heterocycles. The summed E-state index contributed by atoms with van der Waals surface area (Å²) in [6.07, 6.45) is 0. The quantitative estimate of drug-likeness (QED) is 0.412. The van der Waals surface area contributed by atoms with E-state index in [1.165, 1.54) is 0 Å². The van der Waals surface area contributed by atoms with Crippen LogP contribution in [-0.2, 0) is 9.63 Å². The highest BCUT2D eigenvalue weighted by Crippen LogP contribution is 2.46. The number of nitrogens with zero attached hydrogens (tertiary/aromatic N) is 2. The summed E-state index contributed by atoms with van der Waals surface area (Å²) in [5, 5.41) is 4.27. The van der Waals surface area contributed by atoms with Crippen LogP contribution in [-0.4, -0.2) is 34.8 Å². The van der Waals surface area contributed by atoms with Crippen LogP contribution in [0.1, 0.15) is 54.0 Å². The fraction of sp³-hybridized carbons (Fsp3) is 0.636. The molecule has 162 valence electrons. The minimum atomic E-state index is -2.18. The van der Waals surface area contributed by atoms with E-state index in [0.717, 1.165) is 17.0 Å². The summed E-state index contributed by atoms with van der Waals surface area (Å²) in [6.45, 7) is 24.5. The summed E-state index contributed by atoms with van der Waals surface area (Å²) >= 11 is 0. The molecule has 2 rings (SSSR count). The number of fused-ring (bicyclic) bond motifs is 1. The van der Waals surface area contributed by atoms with Crippen molar-refractivity contribution < 1.29 is 14.1 Å². The summed E-state index contributed by atoms with van der Waals surface area (Å²) in [4.78, 5) is 18.7. The lowest BCUT2D eigenvalue weighted by atomic mass is 10.1. The van der Waals surface area contributed by atoms with Gasteiger partial charge < -0.3 is 13.8 Å². The molecule has 0 spiro atoms. The van der Waals surface area contributed by atoms with Gasteiger partial charge in [0.05, 0.1) is 0 Å². The number of hydrogen-bond acceptors (Lipinski definition) is 4. The Balaban J connectivity index is 2.62. The van der Waals surface area contributed by atoms with E-state index in [0.29, 0.717) is 12.3 Å². The average Bonchev–Trinajstić information content (AvgIpc) is 2.81. The van der Waals surface area contributed by atoms with Crippen LogP contribution in [0.2, 0.25) is 36.3 Å². The van der Waals surface area contributed by atoms with Crippen molar-refractivity contribution in [3.8, 4) is 5.75 Å². The first kappa shape index (κ1) is 23.7. The number of rotatable bonds is 5. The maximum Gasteiger partial charge on any atom is 0.273 e. The third-order valence-electron chi connectivity index (χ3n) is 6.73. The molecule has 5 nitrogen and oxygen atoms in total. The summed E-state index contributed by atoms with van der Waals surface area (Å²) in [7, 11) is -4.17. The average molecular weight is 435 g/mol. The number of amides is 1. The maximum atomic E-state index is 13.4. The number of anilines is 1. The molecule has 1 aromatic carbocycles. The Kier molecular flexibility index (Phi) is 6.18. The molecule has 1 aliphatic heterocycles. The van der Waals surface area contributed by atoms with Gasteiger partial charge in [0.25, 0.3) is 5.91 Å². The molecule has 0 N–H and O–H groups in total.